The van der Waals surface area contributed by atoms with Crippen molar-refractivity contribution in [3.05, 3.63) is 36.0 Å². The summed E-state index contributed by atoms with van der Waals surface area (Å²) in [5.41, 5.74) is 2.57. The van der Waals surface area contributed by atoms with Gasteiger partial charge in [-0.05, 0) is 24.1 Å². The lowest BCUT2D eigenvalue weighted by Crippen LogP contribution is -2.19. The van der Waals surface area contributed by atoms with Crippen molar-refractivity contribution in [1.29, 1.82) is 0 Å². The topological polar surface area (TPSA) is 19.0 Å². The second kappa shape index (κ2) is 4.66. The predicted octanol–water partition coefficient (Wildman–Crippen LogP) is 2.99. The molecule has 2 rings (SSSR count). The predicted molar refractivity (Wildman–Crippen MR) is 72.9 cm³/mol. The molecule has 0 aliphatic rings. The minimum Gasteiger partial charge on any atom is -0.372 e. The van der Waals surface area contributed by atoms with Gasteiger partial charge in [0.15, 0.2) is 0 Å². The number of nitrogens with one attached hydrogen (secondary N) is 1. The van der Waals surface area contributed by atoms with E-state index in [4.69, 9.17) is 12.2 Å². The summed E-state index contributed by atoms with van der Waals surface area (Å²) in [5, 5.41) is 1.31. The number of fused-ring (bicyclic) bond motifs is 1. The number of benzene rings is 1. The monoisotopic (exact) mass is 232 g/mol. The Bertz CT molecular complexity index is 499. The van der Waals surface area contributed by atoms with Crippen LogP contribution in [0.1, 0.15) is 12.0 Å². The first-order valence-corrected chi connectivity index (χ1v) is 5.84. The minimum atomic E-state index is 0.937. The van der Waals surface area contributed by atoms with E-state index in [2.05, 4.69) is 29.2 Å². The third-order valence-corrected chi connectivity index (χ3v) is 3.36. The number of hydrogen-bond acceptors (Lipinski definition) is 1. The van der Waals surface area contributed by atoms with E-state index < -0.39 is 0 Å². The Balaban J connectivity index is 2.15. The second-order valence-corrected chi connectivity index (χ2v) is 4.62. The van der Waals surface area contributed by atoms with Crippen LogP contribution in [0.2, 0.25) is 0 Å². The van der Waals surface area contributed by atoms with Crippen molar-refractivity contribution in [1.82, 2.24) is 9.88 Å². The summed E-state index contributed by atoms with van der Waals surface area (Å²) in [7, 11) is 4.00. The third-order valence-electron chi connectivity index (χ3n) is 2.79. The molecular formula is C13H16N2S. The first-order chi connectivity index (χ1) is 7.68. The van der Waals surface area contributed by atoms with Crippen molar-refractivity contribution in [2.24, 2.45) is 0 Å². The van der Waals surface area contributed by atoms with Crippen molar-refractivity contribution in [3.8, 4) is 0 Å². The average Bonchev–Trinajstić information content (AvgIpc) is 2.73. The molecule has 0 spiro atoms. The number of H-pyrrole nitrogens is 1. The highest BCUT2D eigenvalue weighted by Gasteiger charge is 2.04. The summed E-state index contributed by atoms with van der Waals surface area (Å²) in [6.45, 7) is 0. The van der Waals surface area contributed by atoms with Crippen LogP contribution < -0.4 is 0 Å². The van der Waals surface area contributed by atoms with Crippen molar-refractivity contribution in [3.63, 3.8) is 0 Å². The molecule has 1 aromatic carbocycles. The molecule has 1 heterocycles. The van der Waals surface area contributed by atoms with Gasteiger partial charge in [-0.1, -0.05) is 24.4 Å². The highest BCUT2D eigenvalue weighted by atomic mass is 32.1. The van der Waals surface area contributed by atoms with Crippen LogP contribution in [-0.4, -0.2) is 29.0 Å². The lowest BCUT2D eigenvalue weighted by Gasteiger charge is -2.13. The number of aryl methyl sites for hydroxylation is 1. The highest BCUT2D eigenvalue weighted by molar-refractivity contribution is 7.80. The van der Waals surface area contributed by atoms with Gasteiger partial charge in [-0.15, -0.1) is 0 Å². The fourth-order valence-electron chi connectivity index (χ4n) is 1.83. The van der Waals surface area contributed by atoms with E-state index in [1.54, 1.807) is 0 Å². The van der Waals surface area contributed by atoms with E-state index in [0.29, 0.717) is 0 Å². The van der Waals surface area contributed by atoms with E-state index in [-0.39, 0.29) is 0 Å². The molecule has 16 heavy (non-hydrogen) atoms. The standard InChI is InChI=1S/C13H16N2S/c1-15(2)13(16)7-6-10-4-3-5-12-11(10)8-9-14-12/h3-5,8-9,14H,6-7H2,1-2H3. The van der Waals surface area contributed by atoms with E-state index in [1.807, 2.05) is 25.2 Å². The summed E-state index contributed by atoms with van der Waals surface area (Å²) in [5.74, 6) is 0. The molecule has 1 aromatic heterocycles. The van der Waals surface area contributed by atoms with Crippen LogP contribution in [0.4, 0.5) is 0 Å². The number of aromatic nitrogens is 1. The quantitative estimate of drug-likeness (QED) is 0.820. The van der Waals surface area contributed by atoms with Gasteiger partial charge in [0.1, 0.15) is 0 Å². The van der Waals surface area contributed by atoms with Crippen LogP contribution in [0.15, 0.2) is 30.5 Å². The van der Waals surface area contributed by atoms with Gasteiger partial charge in [0.2, 0.25) is 0 Å². The van der Waals surface area contributed by atoms with E-state index in [1.165, 1.54) is 16.5 Å². The van der Waals surface area contributed by atoms with Gasteiger partial charge in [0.05, 0.1) is 4.99 Å². The van der Waals surface area contributed by atoms with Crippen LogP contribution in [0.5, 0.6) is 0 Å². The van der Waals surface area contributed by atoms with Crippen LogP contribution in [0, 0.1) is 0 Å². The van der Waals surface area contributed by atoms with Crippen molar-refractivity contribution in [2.75, 3.05) is 14.1 Å². The zero-order chi connectivity index (χ0) is 11.5. The third kappa shape index (κ3) is 2.25. The number of aromatic amines is 1. The molecule has 1 N–H and O–H groups in total. The van der Waals surface area contributed by atoms with Crippen LogP contribution >= 0.6 is 12.2 Å². The molecule has 0 radical (unpaired) electrons. The lowest BCUT2D eigenvalue weighted by molar-refractivity contribution is 0.617. The maximum atomic E-state index is 5.30. The van der Waals surface area contributed by atoms with Gasteiger partial charge in [0.25, 0.3) is 0 Å². The van der Waals surface area contributed by atoms with Crippen LogP contribution in [-0.2, 0) is 6.42 Å². The maximum absolute atomic E-state index is 5.30. The molecule has 0 bridgehead atoms. The first-order valence-electron chi connectivity index (χ1n) is 5.43. The minimum absolute atomic E-state index is 0.937. The smallest absolute Gasteiger partial charge is 0.0777 e. The number of rotatable bonds is 3. The second-order valence-electron chi connectivity index (χ2n) is 4.14. The molecule has 0 aliphatic carbocycles. The van der Waals surface area contributed by atoms with Crippen LogP contribution in [0.25, 0.3) is 10.9 Å². The van der Waals surface area contributed by atoms with Gasteiger partial charge < -0.3 is 9.88 Å². The largest absolute Gasteiger partial charge is 0.372 e. The van der Waals surface area contributed by atoms with Crippen molar-refractivity contribution in [2.45, 2.75) is 12.8 Å². The van der Waals surface area contributed by atoms with Gasteiger partial charge in [0, 0.05) is 37.6 Å². The molecular weight excluding hydrogens is 216 g/mol. The van der Waals surface area contributed by atoms with Gasteiger partial charge in [-0.3, -0.25) is 0 Å². The summed E-state index contributed by atoms with van der Waals surface area (Å²) in [4.78, 5) is 6.24. The maximum Gasteiger partial charge on any atom is 0.0777 e. The number of nitrogens with zero attached hydrogens (tertiary/aromatic N) is 1. The van der Waals surface area contributed by atoms with Crippen molar-refractivity contribution >= 4 is 28.1 Å². The SMILES string of the molecule is CN(C)C(=S)CCc1cccc2[nH]ccc12. The Hall–Kier alpha value is -1.35. The van der Waals surface area contributed by atoms with E-state index in [0.717, 1.165) is 17.8 Å². The van der Waals surface area contributed by atoms with Crippen LogP contribution in [0.3, 0.4) is 0 Å². The average molecular weight is 232 g/mol. The van der Waals surface area contributed by atoms with Gasteiger partial charge in [-0.25, -0.2) is 0 Å². The first kappa shape index (κ1) is 11.1. The molecule has 3 heteroatoms. The highest BCUT2D eigenvalue weighted by Crippen LogP contribution is 2.18. The Morgan fingerprint density at radius 3 is 2.88 bits per heavy atom. The summed E-state index contributed by atoms with van der Waals surface area (Å²) in [6.07, 6.45) is 3.93. The molecule has 0 fully saturated rings. The van der Waals surface area contributed by atoms with Gasteiger partial charge >= 0.3 is 0 Å². The molecule has 2 aromatic rings. The summed E-state index contributed by atoms with van der Waals surface area (Å²) < 4.78 is 0. The molecule has 0 saturated carbocycles. The van der Waals surface area contributed by atoms with Crippen molar-refractivity contribution < 1.29 is 0 Å². The molecule has 84 valence electrons. The molecule has 0 aliphatic heterocycles. The van der Waals surface area contributed by atoms with Gasteiger partial charge in [-0.2, -0.15) is 0 Å². The molecule has 0 unspecified atom stereocenters. The molecule has 2 nitrogen and oxygen atoms in total. The zero-order valence-corrected chi connectivity index (χ0v) is 10.5. The lowest BCUT2D eigenvalue weighted by atomic mass is 10.1. The number of hydrogen-bond donors (Lipinski definition) is 1. The normalized spacial score (nSPS) is 10.6. The molecule has 0 atom stereocenters. The number of thiocarbonyl (C=S) groups is 1. The Morgan fingerprint density at radius 2 is 2.12 bits per heavy atom. The van der Waals surface area contributed by atoms with E-state index in [9.17, 15) is 0 Å². The summed E-state index contributed by atoms with van der Waals surface area (Å²) >= 11 is 5.30. The molecule has 0 amide bonds. The molecule has 0 saturated heterocycles. The Labute approximate surface area is 101 Å². The Morgan fingerprint density at radius 1 is 1.31 bits per heavy atom. The fourth-order valence-corrected chi connectivity index (χ4v) is 1.94. The van der Waals surface area contributed by atoms with E-state index >= 15 is 0 Å². The summed E-state index contributed by atoms with van der Waals surface area (Å²) in [6, 6.07) is 8.49. The zero-order valence-electron chi connectivity index (χ0n) is 9.66. The Kier molecular flexibility index (Phi) is 3.25. The fraction of sp³-hybridized carbons (Fsp3) is 0.308.